The quantitative estimate of drug-likeness (QED) is 0.218. The fourth-order valence-corrected chi connectivity index (χ4v) is 4.92. The molecule has 0 N–H and O–H groups in total. The van der Waals surface area contributed by atoms with Crippen LogP contribution < -0.4 is 4.90 Å². The number of nitriles is 1. The third-order valence-corrected chi connectivity index (χ3v) is 7.72. The van der Waals surface area contributed by atoms with Gasteiger partial charge in [-0.3, -0.25) is 0 Å². The third-order valence-electron chi connectivity index (χ3n) is 6.65. The molecule has 0 fully saturated rings. The minimum absolute atomic E-state index is 0.419. The molecule has 0 aliphatic carbocycles. The fraction of sp³-hybridized carbons (Fsp3) is 0.520. The van der Waals surface area contributed by atoms with E-state index in [9.17, 15) is 5.26 Å². The molecule has 0 bridgehead atoms. The molecule has 0 radical (unpaired) electrons. The Bertz CT molecular complexity index is 1040. The summed E-state index contributed by atoms with van der Waals surface area (Å²) >= 11 is 1.22. The Balaban J connectivity index is 2.31. The van der Waals surface area contributed by atoms with E-state index >= 15 is 0 Å². The van der Waals surface area contributed by atoms with Crippen molar-refractivity contribution >= 4 is 33.4 Å². The molecule has 1 heterocycles. The number of thiophene rings is 1. The van der Waals surface area contributed by atoms with Crippen LogP contribution in [0.2, 0.25) is 0 Å². The summed E-state index contributed by atoms with van der Waals surface area (Å²) in [5.41, 5.74) is 5.36. The number of benzene rings is 1. The van der Waals surface area contributed by atoms with Crippen molar-refractivity contribution in [3.8, 4) is 6.07 Å². The number of likely N-dealkylation sites (N-methyl/N-ethyl adjacent to an activating group) is 2. The standard InChI is InChI=1S/C25H35N6S/c1-9-30(13-14-31(10-2,11-3)12-4)22-16-18(5)21(15-19(22)6)28-29-25-24(27-8)20(7)23(17-26)32-25/h15-16H,9-14H2,1-7H3/q+1. The number of nitrogens with zero attached hydrogens (tertiary/aromatic N) is 6. The van der Waals surface area contributed by atoms with Gasteiger partial charge in [-0.25, -0.2) is 4.85 Å². The summed E-state index contributed by atoms with van der Waals surface area (Å²) in [5, 5.41) is 18.5. The van der Waals surface area contributed by atoms with Crippen molar-refractivity contribution in [2.75, 3.05) is 44.2 Å². The maximum atomic E-state index is 9.24. The minimum atomic E-state index is 0.419. The Labute approximate surface area is 197 Å². The van der Waals surface area contributed by atoms with Gasteiger partial charge in [0.15, 0.2) is 0 Å². The second-order valence-electron chi connectivity index (χ2n) is 8.15. The van der Waals surface area contributed by atoms with Crippen LogP contribution in [0.4, 0.5) is 22.1 Å². The zero-order valence-electron chi connectivity index (χ0n) is 20.5. The van der Waals surface area contributed by atoms with E-state index in [0.29, 0.717) is 21.1 Å². The Kier molecular flexibility index (Phi) is 8.95. The molecular weight excluding hydrogens is 416 g/mol. The highest BCUT2D eigenvalue weighted by molar-refractivity contribution is 7.17. The van der Waals surface area contributed by atoms with Gasteiger partial charge >= 0.3 is 0 Å². The summed E-state index contributed by atoms with van der Waals surface area (Å²) in [6.45, 7) is 29.0. The smallest absolute Gasteiger partial charge is 0.229 e. The van der Waals surface area contributed by atoms with Gasteiger partial charge in [0, 0.05) is 12.2 Å². The molecule has 0 atom stereocenters. The van der Waals surface area contributed by atoms with E-state index in [-0.39, 0.29) is 0 Å². The lowest BCUT2D eigenvalue weighted by Crippen LogP contribution is -2.51. The molecule has 2 rings (SSSR count). The first-order valence-electron chi connectivity index (χ1n) is 11.3. The number of aryl methyl sites for hydroxylation is 2. The predicted octanol–water partition coefficient (Wildman–Crippen LogP) is 7.21. The van der Waals surface area contributed by atoms with Gasteiger partial charge in [-0.1, -0.05) is 0 Å². The van der Waals surface area contributed by atoms with E-state index in [1.165, 1.54) is 22.6 Å². The lowest BCUT2D eigenvalue weighted by molar-refractivity contribution is -0.921. The van der Waals surface area contributed by atoms with E-state index in [0.717, 1.165) is 55.0 Å². The second kappa shape index (κ2) is 11.2. The first-order chi connectivity index (χ1) is 15.3. The fourth-order valence-electron chi connectivity index (χ4n) is 4.06. The Morgan fingerprint density at radius 3 is 2.25 bits per heavy atom. The first-order valence-corrected chi connectivity index (χ1v) is 12.1. The lowest BCUT2D eigenvalue weighted by atomic mass is 10.1. The monoisotopic (exact) mass is 451 g/mol. The van der Waals surface area contributed by atoms with Crippen molar-refractivity contribution in [2.45, 2.75) is 48.5 Å². The van der Waals surface area contributed by atoms with Crippen LogP contribution in [-0.4, -0.2) is 43.8 Å². The van der Waals surface area contributed by atoms with Gasteiger partial charge in [0.05, 0.1) is 49.9 Å². The summed E-state index contributed by atoms with van der Waals surface area (Å²) in [4.78, 5) is 6.52. The van der Waals surface area contributed by atoms with Crippen LogP contribution in [0.5, 0.6) is 0 Å². The molecule has 0 amide bonds. The van der Waals surface area contributed by atoms with Crippen LogP contribution in [0.25, 0.3) is 4.85 Å². The summed E-state index contributed by atoms with van der Waals surface area (Å²) in [7, 11) is 0. The highest BCUT2D eigenvalue weighted by Crippen LogP contribution is 2.42. The minimum Gasteiger partial charge on any atom is -0.366 e. The summed E-state index contributed by atoms with van der Waals surface area (Å²) in [5.74, 6) is 0. The Morgan fingerprint density at radius 1 is 1.06 bits per heavy atom. The normalized spacial score (nSPS) is 11.5. The molecule has 6 nitrogen and oxygen atoms in total. The first kappa shape index (κ1) is 25.5. The van der Waals surface area contributed by atoms with Crippen molar-refractivity contribution in [1.29, 1.82) is 5.26 Å². The highest BCUT2D eigenvalue weighted by Gasteiger charge is 2.22. The largest absolute Gasteiger partial charge is 0.366 e. The van der Waals surface area contributed by atoms with Crippen molar-refractivity contribution in [3.05, 3.63) is 45.1 Å². The second-order valence-corrected chi connectivity index (χ2v) is 9.15. The van der Waals surface area contributed by atoms with Crippen LogP contribution in [-0.2, 0) is 0 Å². The number of quaternary nitrogens is 1. The van der Waals surface area contributed by atoms with Gasteiger partial charge in [0.2, 0.25) is 5.69 Å². The molecule has 0 aliphatic rings. The van der Waals surface area contributed by atoms with Crippen molar-refractivity contribution in [3.63, 3.8) is 0 Å². The maximum Gasteiger partial charge on any atom is 0.229 e. The molecule has 0 aliphatic heterocycles. The van der Waals surface area contributed by atoms with Gasteiger partial charge in [-0.05, 0) is 77.3 Å². The molecule has 32 heavy (non-hydrogen) atoms. The van der Waals surface area contributed by atoms with Crippen molar-refractivity contribution < 1.29 is 4.48 Å². The summed E-state index contributed by atoms with van der Waals surface area (Å²) < 4.78 is 1.13. The van der Waals surface area contributed by atoms with Crippen LogP contribution in [0, 0.1) is 38.7 Å². The van der Waals surface area contributed by atoms with Crippen molar-refractivity contribution in [1.82, 2.24) is 0 Å². The molecule has 0 saturated heterocycles. The van der Waals surface area contributed by atoms with Crippen LogP contribution in [0.3, 0.4) is 0 Å². The highest BCUT2D eigenvalue weighted by atomic mass is 32.1. The molecule has 0 spiro atoms. The molecule has 7 heteroatoms. The predicted molar refractivity (Wildman–Crippen MR) is 135 cm³/mol. The van der Waals surface area contributed by atoms with Gasteiger partial charge in [-0.2, -0.15) is 15.5 Å². The van der Waals surface area contributed by atoms with Crippen molar-refractivity contribution in [2.24, 2.45) is 10.2 Å². The van der Waals surface area contributed by atoms with Gasteiger partial charge in [0.25, 0.3) is 0 Å². The SMILES string of the molecule is [C-]#[N+]c1c(N=Nc2cc(C)c(N(CC)CC[N+](CC)(CC)CC)cc2C)sc(C#N)c1C. The Morgan fingerprint density at radius 2 is 1.72 bits per heavy atom. The third kappa shape index (κ3) is 5.35. The van der Waals surface area contributed by atoms with Gasteiger partial charge < -0.3 is 9.38 Å². The molecular formula is C25H35N6S+. The Hall–Kier alpha value is -2.74. The molecule has 0 saturated carbocycles. The number of hydrogen-bond donors (Lipinski definition) is 0. The average molecular weight is 452 g/mol. The molecule has 1 aromatic carbocycles. The van der Waals surface area contributed by atoms with E-state index in [1.54, 1.807) is 6.92 Å². The number of anilines is 1. The average Bonchev–Trinajstić information content (AvgIpc) is 3.12. The zero-order valence-corrected chi connectivity index (χ0v) is 21.3. The molecule has 2 aromatic rings. The topological polar surface area (TPSA) is 56.1 Å². The summed E-state index contributed by atoms with van der Waals surface area (Å²) in [6, 6.07) is 6.40. The maximum absolute atomic E-state index is 9.24. The van der Waals surface area contributed by atoms with Crippen LogP contribution in [0.1, 0.15) is 49.3 Å². The molecule has 170 valence electrons. The van der Waals surface area contributed by atoms with Gasteiger partial charge in [0.1, 0.15) is 11.1 Å². The van der Waals surface area contributed by atoms with Gasteiger partial charge in [-0.15, -0.1) is 11.3 Å². The summed E-state index contributed by atoms with van der Waals surface area (Å²) in [6.07, 6.45) is 0. The molecule has 0 unspecified atom stereocenters. The lowest BCUT2D eigenvalue weighted by Gasteiger charge is -2.38. The van der Waals surface area contributed by atoms with Crippen LogP contribution in [0.15, 0.2) is 22.4 Å². The number of hydrogen-bond acceptors (Lipinski definition) is 5. The number of rotatable bonds is 10. The zero-order chi connectivity index (χ0) is 23.9. The van der Waals surface area contributed by atoms with E-state index in [4.69, 9.17) is 6.57 Å². The number of azo groups is 1. The van der Waals surface area contributed by atoms with E-state index in [1.807, 2.05) is 6.92 Å². The molecule has 1 aromatic heterocycles. The van der Waals surface area contributed by atoms with Crippen LogP contribution >= 0.6 is 11.3 Å². The van der Waals surface area contributed by atoms with E-state index in [2.05, 4.69) is 72.8 Å². The van der Waals surface area contributed by atoms with E-state index < -0.39 is 0 Å².